The van der Waals surface area contributed by atoms with Gasteiger partial charge in [-0.3, -0.25) is 4.79 Å². The number of hydrogen-bond acceptors (Lipinski definition) is 4. The zero-order valence-corrected chi connectivity index (χ0v) is 7.75. The van der Waals surface area contributed by atoms with E-state index in [-0.39, 0.29) is 18.6 Å². The molecule has 1 heterocycles. The second-order valence-corrected chi connectivity index (χ2v) is 3.16. The largest absolute Gasteiger partial charge is 0.394 e. The van der Waals surface area contributed by atoms with Crippen LogP contribution in [0.15, 0.2) is 0 Å². The van der Waals surface area contributed by atoms with Crippen molar-refractivity contribution in [3.63, 3.8) is 0 Å². The Labute approximate surface area is 77.5 Å². The van der Waals surface area contributed by atoms with Crippen LogP contribution in [0.3, 0.4) is 0 Å². The highest BCUT2D eigenvalue weighted by Gasteiger charge is 2.22. The maximum absolute atomic E-state index is 11.4. The molecule has 0 aromatic carbocycles. The first-order valence-corrected chi connectivity index (χ1v) is 4.47. The highest BCUT2D eigenvalue weighted by molar-refractivity contribution is 5.81. The van der Waals surface area contributed by atoms with Gasteiger partial charge in [0.2, 0.25) is 0 Å². The van der Waals surface area contributed by atoms with Gasteiger partial charge in [-0.1, -0.05) is 0 Å². The summed E-state index contributed by atoms with van der Waals surface area (Å²) in [5.41, 5.74) is 0. The molecule has 1 aliphatic rings. The molecule has 3 N–H and O–H groups in total. The Morgan fingerprint density at radius 3 is 3.15 bits per heavy atom. The molecule has 0 bridgehead atoms. The summed E-state index contributed by atoms with van der Waals surface area (Å²) < 4.78 is 5.23. The van der Waals surface area contributed by atoms with E-state index in [0.717, 1.165) is 6.54 Å². The van der Waals surface area contributed by atoms with E-state index in [0.29, 0.717) is 13.2 Å². The van der Waals surface area contributed by atoms with Crippen LogP contribution in [-0.4, -0.2) is 49.5 Å². The van der Waals surface area contributed by atoms with Gasteiger partial charge < -0.3 is 20.5 Å². The molecule has 0 aromatic heterocycles. The van der Waals surface area contributed by atoms with Gasteiger partial charge in [-0.05, 0) is 6.92 Å². The highest BCUT2D eigenvalue weighted by Crippen LogP contribution is 1.96. The molecular formula is C8H16N2O3. The van der Waals surface area contributed by atoms with E-state index in [2.05, 4.69) is 10.6 Å². The summed E-state index contributed by atoms with van der Waals surface area (Å²) in [4.78, 5) is 11.4. The summed E-state index contributed by atoms with van der Waals surface area (Å²) in [6.45, 7) is 3.59. The Hall–Kier alpha value is -0.650. The molecule has 13 heavy (non-hydrogen) atoms. The van der Waals surface area contributed by atoms with E-state index in [1.807, 2.05) is 0 Å². The van der Waals surface area contributed by atoms with E-state index in [4.69, 9.17) is 9.84 Å². The van der Waals surface area contributed by atoms with Crippen LogP contribution in [0.4, 0.5) is 0 Å². The maximum Gasteiger partial charge on any atom is 0.250 e. The summed E-state index contributed by atoms with van der Waals surface area (Å²) in [7, 11) is 0. The van der Waals surface area contributed by atoms with Gasteiger partial charge in [0.15, 0.2) is 0 Å². The van der Waals surface area contributed by atoms with E-state index >= 15 is 0 Å². The minimum absolute atomic E-state index is 0.0497. The Bertz CT molecular complexity index is 169. The smallest absolute Gasteiger partial charge is 0.250 e. The first-order chi connectivity index (χ1) is 6.24. The molecule has 76 valence electrons. The lowest BCUT2D eigenvalue weighted by Gasteiger charge is -2.23. The molecule has 1 saturated heterocycles. The van der Waals surface area contributed by atoms with Crippen LogP contribution in [0.5, 0.6) is 0 Å². The maximum atomic E-state index is 11.4. The molecule has 5 nitrogen and oxygen atoms in total. The number of carbonyl (C=O) groups excluding carboxylic acids is 1. The number of nitrogens with one attached hydrogen (secondary N) is 2. The third kappa shape index (κ3) is 3.30. The summed E-state index contributed by atoms with van der Waals surface area (Å²) >= 11 is 0. The lowest BCUT2D eigenvalue weighted by atomic mass is 10.2. The van der Waals surface area contributed by atoms with E-state index in [1.54, 1.807) is 6.92 Å². The van der Waals surface area contributed by atoms with Crippen molar-refractivity contribution in [3.05, 3.63) is 0 Å². The van der Waals surface area contributed by atoms with Gasteiger partial charge in [-0.25, -0.2) is 0 Å². The summed E-state index contributed by atoms with van der Waals surface area (Å²) in [5, 5.41) is 14.4. The number of morpholine rings is 1. The number of ether oxygens (including phenoxy) is 1. The van der Waals surface area contributed by atoms with Crippen molar-refractivity contribution >= 4 is 5.91 Å². The normalized spacial score (nSPS) is 25.2. The first-order valence-electron chi connectivity index (χ1n) is 4.47. The van der Waals surface area contributed by atoms with Crippen molar-refractivity contribution in [2.75, 3.05) is 26.3 Å². The van der Waals surface area contributed by atoms with Crippen LogP contribution in [0.25, 0.3) is 0 Å². The number of aliphatic hydroxyl groups excluding tert-OH is 1. The molecule has 2 atom stereocenters. The fourth-order valence-corrected chi connectivity index (χ4v) is 1.12. The number of amides is 1. The highest BCUT2D eigenvalue weighted by atomic mass is 16.5. The molecule has 5 heteroatoms. The standard InChI is InChI=1S/C8H16N2O3/c1-6(5-11)10-8(12)7-4-9-2-3-13-7/h6-7,9,11H,2-5H2,1H3,(H,10,12)/t6-,7?/m1/s1. The van der Waals surface area contributed by atoms with Crippen molar-refractivity contribution in [2.24, 2.45) is 0 Å². The second kappa shape index (κ2) is 5.16. The average Bonchev–Trinajstić information content (AvgIpc) is 2.19. The van der Waals surface area contributed by atoms with Crippen molar-refractivity contribution in [2.45, 2.75) is 19.1 Å². The Kier molecular flexibility index (Phi) is 4.14. The van der Waals surface area contributed by atoms with Gasteiger partial charge in [-0.15, -0.1) is 0 Å². The third-order valence-corrected chi connectivity index (χ3v) is 1.88. The summed E-state index contributed by atoms with van der Waals surface area (Å²) in [6, 6.07) is -0.210. The van der Waals surface area contributed by atoms with Crippen LogP contribution >= 0.6 is 0 Å². The fraction of sp³-hybridized carbons (Fsp3) is 0.875. The first kappa shape index (κ1) is 10.4. The zero-order valence-electron chi connectivity index (χ0n) is 7.75. The Morgan fingerprint density at radius 1 is 1.85 bits per heavy atom. The molecule has 1 aliphatic heterocycles. The van der Waals surface area contributed by atoms with Crippen LogP contribution in [-0.2, 0) is 9.53 Å². The summed E-state index contributed by atoms with van der Waals surface area (Å²) in [6.07, 6.45) is -0.414. The molecule has 0 aromatic rings. The summed E-state index contributed by atoms with van der Waals surface area (Å²) in [5.74, 6) is -0.159. The van der Waals surface area contributed by atoms with E-state index in [9.17, 15) is 4.79 Å². The molecule has 0 aliphatic carbocycles. The molecule has 0 spiro atoms. The Balaban J connectivity index is 2.29. The van der Waals surface area contributed by atoms with Crippen molar-refractivity contribution < 1.29 is 14.6 Å². The minimum Gasteiger partial charge on any atom is -0.394 e. The lowest BCUT2D eigenvalue weighted by molar-refractivity contribution is -0.135. The molecule has 1 fully saturated rings. The topological polar surface area (TPSA) is 70.6 Å². The second-order valence-electron chi connectivity index (χ2n) is 3.16. The lowest BCUT2D eigenvalue weighted by Crippen LogP contribution is -2.50. The van der Waals surface area contributed by atoms with Gasteiger partial charge in [0.05, 0.1) is 13.2 Å². The number of rotatable bonds is 3. The van der Waals surface area contributed by atoms with Crippen LogP contribution in [0, 0.1) is 0 Å². The van der Waals surface area contributed by atoms with Gasteiger partial charge in [0.25, 0.3) is 5.91 Å². The van der Waals surface area contributed by atoms with Gasteiger partial charge in [0, 0.05) is 19.1 Å². The Morgan fingerprint density at radius 2 is 2.62 bits per heavy atom. The molecule has 1 rings (SSSR count). The third-order valence-electron chi connectivity index (χ3n) is 1.88. The predicted molar refractivity (Wildman–Crippen MR) is 47.3 cm³/mol. The van der Waals surface area contributed by atoms with Crippen LogP contribution < -0.4 is 10.6 Å². The molecule has 1 unspecified atom stereocenters. The molecular weight excluding hydrogens is 172 g/mol. The SMILES string of the molecule is C[C@H](CO)NC(=O)C1CNCCO1. The van der Waals surface area contributed by atoms with Crippen molar-refractivity contribution in [1.29, 1.82) is 0 Å². The number of aliphatic hydroxyl groups is 1. The van der Waals surface area contributed by atoms with Gasteiger partial charge in [0.1, 0.15) is 6.10 Å². The van der Waals surface area contributed by atoms with Crippen LogP contribution in [0.1, 0.15) is 6.92 Å². The minimum atomic E-state index is -0.414. The van der Waals surface area contributed by atoms with E-state index in [1.165, 1.54) is 0 Å². The molecule has 0 radical (unpaired) electrons. The molecule has 1 amide bonds. The number of carbonyl (C=O) groups is 1. The van der Waals surface area contributed by atoms with Crippen molar-refractivity contribution in [1.82, 2.24) is 10.6 Å². The quantitative estimate of drug-likeness (QED) is 0.502. The zero-order chi connectivity index (χ0) is 9.68. The van der Waals surface area contributed by atoms with Gasteiger partial charge >= 0.3 is 0 Å². The fourth-order valence-electron chi connectivity index (χ4n) is 1.12. The molecule has 0 saturated carbocycles. The van der Waals surface area contributed by atoms with Crippen LogP contribution in [0.2, 0.25) is 0 Å². The van der Waals surface area contributed by atoms with E-state index < -0.39 is 6.10 Å². The van der Waals surface area contributed by atoms with Gasteiger partial charge in [-0.2, -0.15) is 0 Å². The average molecular weight is 188 g/mol. The predicted octanol–water partition coefficient (Wildman–Crippen LogP) is -1.53. The van der Waals surface area contributed by atoms with Crippen molar-refractivity contribution in [3.8, 4) is 0 Å². The number of hydrogen-bond donors (Lipinski definition) is 3. The monoisotopic (exact) mass is 188 g/mol.